The fraction of sp³-hybridized carbons (Fsp3) is 0.235. The number of carbonyl (C=O) groups is 2. The van der Waals surface area contributed by atoms with Crippen LogP contribution in [0.5, 0.6) is 0 Å². The lowest BCUT2D eigenvalue weighted by atomic mass is 9.90. The summed E-state index contributed by atoms with van der Waals surface area (Å²) in [5.74, 6) is -0.317. The maximum Gasteiger partial charge on any atom is 0.325 e. The second kappa shape index (κ2) is 5.15. The fourth-order valence-electron chi connectivity index (χ4n) is 2.76. The summed E-state index contributed by atoms with van der Waals surface area (Å²) in [6, 6.07) is 15.1. The molecule has 0 radical (unpaired) electrons. The molecule has 5 nitrogen and oxygen atoms in total. The number of amides is 3. The van der Waals surface area contributed by atoms with E-state index in [0.29, 0.717) is 0 Å². The second-order valence-electron chi connectivity index (χ2n) is 5.48. The van der Waals surface area contributed by atoms with Gasteiger partial charge in [0.2, 0.25) is 0 Å². The Morgan fingerprint density at radius 3 is 2.64 bits per heavy atom. The average Bonchev–Trinajstić information content (AvgIpc) is 2.75. The van der Waals surface area contributed by atoms with E-state index >= 15 is 0 Å². The Morgan fingerprint density at radius 2 is 1.91 bits per heavy atom. The SMILES string of the molecule is CC1(c2ccc3ccccc3c2)NC(=O)N(CCC#N)C1=O. The highest BCUT2D eigenvalue weighted by Gasteiger charge is 2.48. The molecule has 1 aliphatic rings. The van der Waals surface area contributed by atoms with E-state index in [9.17, 15) is 9.59 Å². The Kier molecular flexibility index (Phi) is 3.30. The number of benzene rings is 2. The minimum absolute atomic E-state index is 0.115. The molecule has 22 heavy (non-hydrogen) atoms. The Labute approximate surface area is 128 Å². The third-order valence-electron chi connectivity index (χ3n) is 4.05. The molecule has 3 amide bonds. The predicted octanol–water partition coefficient (Wildman–Crippen LogP) is 2.52. The first-order valence-corrected chi connectivity index (χ1v) is 7.06. The van der Waals surface area contributed by atoms with Crippen molar-refractivity contribution in [3.05, 3.63) is 48.0 Å². The van der Waals surface area contributed by atoms with Gasteiger partial charge < -0.3 is 5.32 Å². The van der Waals surface area contributed by atoms with E-state index in [1.165, 1.54) is 0 Å². The molecular weight excluding hydrogens is 278 g/mol. The van der Waals surface area contributed by atoms with Crippen molar-refractivity contribution in [1.82, 2.24) is 10.2 Å². The normalized spacial score (nSPS) is 21.0. The molecular formula is C17H15N3O2. The van der Waals surface area contributed by atoms with E-state index in [1.54, 1.807) is 6.92 Å². The van der Waals surface area contributed by atoms with Crippen LogP contribution in [0.2, 0.25) is 0 Å². The van der Waals surface area contributed by atoms with Crippen LogP contribution in [0, 0.1) is 11.3 Å². The summed E-state index contributed by atoms with van der Waals surface area (Å²) < 4.78 is 0. The second-order valence-corrected chi connectivity index (χ2v) is 5.48. The van der Waals surface area contributed by atoms with Gasteiger partial charge in [0.25, 0.3) is 5.91 Å². The molecule has 2 aromatic carbocycles. The van der Waals surface area contributed by atoms with Crippen molar-refractivity contribution in [3.63, 3.8) is 0 Å². The zero-order valence-electron chi connectivity index (χ0n) is 12.2. The number of hydrogen-bond acceptors (Lipinski definition) is 3. The van der Waals surface area contributed by atoms with Crippen LogP contribution in [0.15, 0.2) is 42.5 Å². The molecule has 0 bridgehead atoms. The molecule has 1 heterocycles. The zero-order valence-corrected chi connectivity index (χ0v) is 12.2. The number of nitrogens with zero attached hydrogens (tertiary/aromatic N) is 2. The third-order valence-corrected chi connectivity index (χ3v) is 4.05. The number of urea groups is 1. The van der Waals surface area contributed by atoms with Gasteiger partial charge in [-0.1, -0.05) is 36.4 Å². The van der Waals surface area contributed by atoms with Gasteiger partial charge in [-0.3, -0.25) is 9.69 Å². The first-order chi connectivity index (χ1) is 10.6. The van der Waals surface area contributed by atoms with Crippen molar-refractivity contribution in [2.24, 2.45) is 0 Å². The summed E-state index contributed by atoms with van der Waals surface area (Å²) in [6.45, 7) is 1.81. The summed E-state index contributed by atoms with van der Waals surface area (Å²) in [4.78, 5) is 25.8. The van der Waals surface area contributed by atoms with Crippen molar-refractivity contribution in [1.29, 1.82) is 5.26 Å². The third kappa shape index (κ3) is 2.09. The Morgan fingerprint density at radius 1 is 1.18 bits per heavy atom. The number of hydrogen-bond donors (Lipinski definition) is 1. The number of nitrogens with one attached hydrogen (secondary N) is 1. The van der Waals surface area contributed by atoms with Crippen molar-refractivity contribution in [2.75, 3.05) is 6.54 Å². The lowest BCUT2D eigenvalue weighted by Crippen LogP contribution is -2.41. The van der Waals surface area contributed by atoms with Crippen LogP contribution in [0.3, 0.4) is 0 Å². The van der Waals surface area contributed by atoms with E-state index in [2.05, 4.69) is 5.32 Å². The van der Waals surface area contributed by atoms with E-state index in [-0.39, 0.29) is 18.9 Å². The molecule has 1 saturated heterocycles. The number of carbonyl (C=O) groups excluding carboxylic acids is 2. The highest BCUT2D eigenvalue weighted by atomic mass is 16.2. The van der Waals surface area contributed by atoms with Gasteiger partial charge in [0.15, 0.2) is 0 Å². The van der Waals surface area contributed by atoms with E-state index in [4.69, 9.17) is 5.26 Å². The fourth-order valence-corrected chi connectivity index (χ4v) is 2.76. The smallest absolute Gasteiger partial charge is 0.319 e. The van der Waals surface area contributed by atoms with Gasteiger partial charge in [-0.15, -0.1) is 0 Å². The van der Waals surface area contributed by atoms with Crippen molar-refractivity contribution in [2.45, 2.75) is 18.9 Å². The summed E-state index contributed by atoms with van der Waals surface area (Å²) in [5.41, 5.74) is -0.347. The van der Waals surface area contributed by atoms with Crippen LogP contribution >= 0.6 is 0 Å². The quantitative estimate of drug-likeness (QED) is 0.884. The summed E-state index contributed by atoms with van der Waals surface area (Å²) >= 11 is 0. The molecule has 1 fully saturated rings. The van der Waals surface area contributed by atoms with Gasteiger partial charge in [-0.2, -0.15) is 5.26 Å². The Hall–Kier alpha value is -2.87. The summed E-state index contributed by atoms with van der Waals surface area (Å²) in [5, 5.41) is 13.5. The molecule has 1 aliphatic heterocycles. The largest absolute Gasteiger partial charge is 0.325 e. The van der Waals surface area contributed by atoms with E-state index in [0.717, 1.165) is 21.2 Å². The number of imide groups is 1. The highest BCUT2D eigenvalue weighted by Crippen LogP contribution is 2.30. The molecule has 2 aromatic rings. The lowest BCUT2D eigenvalue weighted by molar-refractivity contribution is -0.131. The monoisotopic (exact) mass is 293 g/mol. The molecule has 110 valence electrons. The first-order valence-electron chi connectivity index (χ1n) is 7.06. The van der Waals surface area contributed by atoms with Gasteiger partial charge in [-0.05, 0) is 29.3 Å². The minimum atomic E-state index is -1.09. The predicted molar refractivity (Wildman–Crippen MR) is 81.8 cm³/mol. The maximum atomic E-state index is 12.6. The van der Waals surface area contributed by atoms with Gasteiger partial charge in [0.05, 0.1) is 12.5 Å². The van der Waals surface area contributed by atoms with Crippen LogP contribution in [-0.2, 0) is 10.3 Å². The summed E-state index contributed by atoms with van der Waals surface area (Å²) in [7, 11) is 0. The van der Waals surface area contributed by atoms with E-state index < -0.39 is 11.6 Å². The molecule has 0 aliphatic carbocycles. The number of fused-ring (bicyclic) bond motifs is 1. The zero-order chi connectivity index (χ0) is 15.7. The van der Waals surface area contributed by atoms with Crippen LogP contribution in [0.1, 0.15) is 18.9 Å². The molecule has 0 spiro atoms. The van der Waals surface area contributed by atoms with Crippen LogP contribution in [-0.4, -0.2) is 23.4 Å². The lowest BCUT2D eigenvalue weighted by Gasteiger charge is -2.22. The molecule has 3 rings (SSSR count). The maximum absolute atomic E-state index is 12.6. The Balaban J connectivity index is 2.00. The average molecular weight is 293 g/mol. The molecule has 0 saturated carbocycles. The van der Waals surface area contributed by atoms with Gasteiger partial charge in [-0.25, -0.2) is 4.79 Å². The number of nitriles is 1. The van der Waals surface area contributed by atoms with Crippen LogP contribution in [0.4, 0.5) is 4.79 Å². The summed E-state index contributed by atoms with van der Waals surface area (Å²) in [6.07, 6.45) is 0.132. The van der Waals surface area contributed by atoms with Crippen LogP contribution in [0.25, 0.3) is 10.8 Å². The Bertz CT molecular complexity index is 809. The molecule has 1 unspecified atom stereocenters. The van der Waals surface area contributed by atoms with Crippen LogP contribution < -0.4 is 5.32 Å². The van der Waals surface area contributed by atoms with Crippen molar-refractivity contribution >= 4 is 22.7 Å². The molecule has 1 N–H and O–H groups in total. The molecule has 1 atom stereocenters. The van der Waals surface area contributed by atoms with Crippen molar-refractivity contribution < 1.29 is 9.59 Å². The first kappa shape index (κ1) is 14.1. The minimum Gasteiger partial charge on any atom is -0.319 e. The molecule has 5 heteroatoms. The van der Waals surface area contributed by atoms with Crippen molar-refractivity contribution in [3.8, 4) is 6.07 Å². The topological polar surface area (TPSA) is 73.2 Å². The van der Waals surface area contributed by atoms with Gasteiger partial charge in [0.1, 0.15) is 5.54 Å². The van der Waals surface area contributed by atoms with E-state index in [1.807, 2.05) is 48.5 Å². The standard InChI is InChI=1S/C17H15N3O2/c1-17(15(21)20(10-4-9-18)16(22)19-17)14-8-7-12-5-2-3-6-13(12)11-14/h2-3,5-8,11H,4,10H2,1H3,(H,19,22). The molecule has 0 aromatic heterocycles. The van der Waals surface area contributed by atoms with Gasteiger partial charge >= 0.3 is 6.03 Å². The number of rotatable bonds is 3. The highest BCUT2D eigenvalue weighted by molar-refractivity contribution is 6.07. The van der Waals surface area contributed by atoms with Gasteiger partial charge in [0, 0.05) is 6.54 Å².